The molecule has 2 heterocycles. The van der Waals surface area contributed by atoms with Gasteiger partial charge in [0.15, 0.2) is 0 Å². The summed E-state index contributed by atoms with van der Waals surface area (Å²) in [7, 11) is 2.49. The molecule has 13 heteroatoms. The Morgan fingerprint density at radius 1 is 0.865 bits per heavy atom. The highest BCUT2D eigenvalue weighted by molar-refractivity contribution is 5.87. The Labute approximate surface area is 303 Å². The number of furan rings is 1. The molecule has 0 fully saturated rings. The van der Waals surface area contributed by atoms with Crippen LogP contribution >= 0.6 is 0 Å². The van der Waals surface area contributed by atoms with Crippen LogP contribution in [0.25, 0.3) is 11.3 Å². The quantitative estimate of drug-likeness (QED) is 0.114. The van der Waals surface area contributed by atoms with Gasteiger partial charge in [-0.15, -0.1) is 0 Å². The van der Waals surface area contributed by atoms with Gasteiger partial charge >= 0.3 is 12.2 Å². The zero-order valence-electron chi connectivity index (χ0n) is 30.0. The standard InChI is InChI=1S/C39H47N5O8/c1-39(2,3)34(43-37(48)51-5)36(47)41-29(21-26-14-16-27(17-15-26)30-13-9-10-19-40-30)23-32(45)31(22-25-11-7-6-8-12-25)42-35(46)33(44(4)38(49)50)28-18-20-52-24-28/h6-20,24,29,31-34,45H,21-23H2,1-5H3,(H,41,47)(H,42,46)(H,43,48)(H,49,50)/t29-,31-,32-,33-,34+/m0/s1. The molecule has 0 bridgehead atoms. The van der Waals surface area contributed by atoms with E-state index in [-0.39, 0.29) is 12.8 Å². The number of benzene rings is 2. The lowest BCUT2D eigenvalue weighted by Gasteiger charge is -2.33. The van der Waals surface area contributed by atoms with Crippen molar-refractivity contribution < 1.29 is 38.5 Å². The Morgan fingerprint density at radius 2 is 1.54 bits per heavy atom. The molecule has 13 nitrogen and oxygen atoms in total. The first-order valence-electron chi connectivity index (χ1n) is 16.9. The first-order chi connectivity index (χ1) is 24.8. The Bertz CT molecular complexity index is 1740. The summed E-state index contributed by atoms with van der Waals surface area (Å²) in [5.41, 5.74) is 3.01. The van der Waals surface area contributed by atoms with Crippen molar-refractivity contribution in [3.8, 4) is 11.3 Å². The number of ether oxygens (including phenoxy) is 1. The SMILES string of the molecule is COC(=O)N[C@H](C(=O)N[C@@H](Cc1ccc(-c2ccccn2)cc1)C[C@H](O)[C@H](Cc1ccccc1)NC(=O)[C@H](c1ccoc1)N(C)C(=O)O)C(C)(C)C. The average Bonchev–Trinajstić information content (AvgIpc) is 3.65. The number of rotatable bonds is 15. The molecule has 5 atom stereocenters. The number of hydrogen-bond acceptors (Lipinski definition) is 8. The Morgan fingerprint density at radius 3 is 2.12 bits per heavy atom. The van der Waals surface area contributed by atoms with Gasteiger partial charge < -0.3 is 35.3 Å². The first-order valence-corrected chi connectivity index (χ1v) is 16.9. The summed E-state index contributed by atoms with van der Waals surface area (Å²) in [6.45, 7) is 5.43. The molecule has 4 rings (SSSR count). The third-order valence-electron chi connectivity index (χ3n) is 8.73. The van der Waals surface area contributed by atoms with Gasteiger partial charge in [0, 0.05) is 30.4 Å². The van der Waals surface area contributed by atoms with Crippen LogP contribution < -0.4 is 16.0 Å². The molecule has 2 aromatic heterocycles. The van der Waals surface area contributed by atoms with Crippen molar-refractivity contribution >= 4 is 24.0 Å². The van der Waals surface area contributed by atoms with Crippen LogP contribution in [0.4, 0.5) is 9.59 Å². The fraction of sp³-hybridized carbons (Fsp3) is 0.359. The maximum Gasteiger partial charge on any atom is 0.407 e. The number of methoxy groups -OCH3 is 1. The van der Waals surface area contributed by atoms with Crippen LogP contribution in [0.15, 0.2) is 102 Å². The van der Waals surface area contributed by atoms with E-state index in [2.05, 4.69) is 20.9 Å². The molecule has 0 aliphatic carbocycles. The van der Waals surface area contributed by atoms with Crippen molar-refractivity contribution in [2.75, 3.05) is 14.2 Å². The summed E-state index contributed by atoms with van der Waals surface area (Å²) in [5.74, 6) is -1.14. The fourth-order valence-corrected chi connectivity index (χ4v) is 5.92. The van der Waals surface area contributed by atoms with Gasteiger partial charge in [0.1, 0.15) is 12.1 Å². The van der Waals surface area contributed by atoms with Crippen LogP contribution in [0.5, 0.6) is 0 Å². The number of carbonyl (C=O) groups excluding carboxylic acids is 3. The minimum absolute atomic E-state index is 0.00819. The number of pyridine rings is 1. The maximum atomic E-state index is 13.8. The Kier molecular flexibility index (Phi) is 13.5. The summed E-state index contributed by atoms with van der Waals surface area (Å²) in [6, 6.07) is 20.3. The van der Waals surface area contributed by atoms with E-state index in [1.165, 1.54) is 32.8 Å². The van der Waals surface area contributed by atoms with Crippen LogP contribution in [0.2, 0.25) is 0 Å². The van der Waals surface area contributed by atoms with E-state index in [4.69, 9.17) is 9.15 Å². The van der Waals surface area contributed by atoms with E-state index in [0.29, 0.717) is 12.0 Å². The topological polar surface area (TPSA) is 183 Å². The van der Waals surface area contributed by atoms with Gasteiger partial charge in [0.25, 0.3) is 0 Å². The molecular weight excluding hydrogens is 666 g/mol. The van der Waals surface area contributed by atoms with Gasteiger partial charge in [-0.1, -0.05) is 81.4 Å². The van der Waals surface area contributed by atoms with Crippen molar-refractivity contribution in [1.29, 1.82) is 0 Å². The predicted octanol–water partition coefficient (Wildman–Crippen LogP) is 4.97. The molecular formula is C39H47N5O8. The minimum Gasteiger partial charge on any atom is -0.472 e. The molecule has 276 valence electrons. The third kappa shape index (κ3) is 10.9. The van der Waals surface area contributed by atoms with Crippen molar-refractivity contribution in [2.45, 2.75) is 70.3 Å². The molecule has 0 saturated carbocycles. The lowest BCUT2D eigenvalue weighted by atomic mass is 9.85. The van der Waals surface area contributed by atoms with E-state index in [0.717, 1.165) is 27.3 Å². The van der Waals surface area contributed by atoms with Crippen molar-refractivity contribution in [1.82, 2.24) is 25.8 Å². The Balaban J connectivity index is 1.65. The summed E-state index contributed by atoms with van der Waals surface area (Å²) in [6.07, 6.45) is 1.54. The number of aromatic nitrogens is 1. The second-order valence-electron chi connectivity index (χ2n) is 13.7. The number of carbonyl (C=O) groups is 4. The summed E-state index contributed by atoms with van der Waals surface area (Å²) >= 11 is 0. The molecule has 0 unspecified atom stereocenters. The molecule has 0 saturated heterocycles. The normalized spacial score (nSPS) is 14.2. The van der Waals surface area contributed by atoms with Crippen molar-refractivity contribution in [3.63, 3.8) is 0 Å². The largest absolute Gasteiger partial charge is 0.472 e. The second-order valence-corrected chi connectivity index (χ2v) is 13.7. The van der Waals surface area contributed by atoms with Crippen molar-refractivity contribution in [3.05, 3.63) is 114 Å². The maximum absolute atomic E-state index is 13.8. The second kappa shape index (κ2) is 18.0. The van der Waals surface area contributed by atoms with Crippen LogP contribution in [0.1, 0.15) is 49.9 Å². The van der Waals surface area contributed by atoms with Gasteiger partial charge in [-0.25, -0.2) is 9.59 Å². The third-order valence-corrected chi connectivity index (χ3v) is 8.73. The van der Waals surface area contributed by atoms with Gasteiger partial charge in [0.2, 0.25) is 11.8 Å². The number of likely N-dealkylation sites (N-methyl/N-ethyl adjacent to an activating group) is 1. The van der Waals surface area contributed by atoms with Crippen molar-refractivity contribution in [2.24, 2.45) is 5.41 Å². The number of aliphatic hydroxyl groups is 1. The zero-order valence-corrected chi connectivity index (χ0v) is 30.0. The van der Waals surface area contributed by atoms with Crippen LogP contribution in [-0.2, 0) is 27.2 Å². The molecule has 0 radical (unpaired) electrons. The number of carboxylic acid groups (broad SMARTS) is 1. The predicted molar refractivity (Wildman–Crippen MR) is 194 cm³/mol. The highest BCUT2D eigenvalue weighted by atomic mass is 16.5. The molecule has 52 heavy (non-hydrogen) atoms. The van der Waals surface area contributed by atoms with E-state index in [9.17, 15) is 29.4 Å². The summed E-state index contributed by atoms with van der Waals surface area (Å²) in [4.78, 5) is 57.2. The van der Waals surface area contributed by atoms with Crippen LogP contribution in [0, 0.1) is 5.41 Å². The van der Waals surface area contributed by atoms with E-state index in [1.54, 1.807) is 6.20 Å². The van der Waals surface area contributed by atoms with E-state index < -0.39 is 59.7 Å². The van der Waals surface area contributed by atoms with E-state index in [1.807, 2.05) is 93.6 Å². The van der Waals surface area contributed by atoms with E-state index >= 15 is 0 Å². The summed E-state index contributed by atoms with van der Waals surface area (Å²) < 4.78 is 9.93. The molecule has 4 amide bonds. The molecule has 0 spiro atoms. The van der Waals surface area contributed by atoms with Gasteiger partial charge in [-0.3, -0.25) is 19.5 Å². The lowest BCUT2D eigenvalue weighted by molar-refractivity contribution is -0.128. The van der Waals surface area contributed by atoms with Gasteiger partial charge in [-0.2, -0.15) is 0 Å². The first kappa shape index (κ1) is 39.1. The Hall–Kier alpha value is -5.69. The van der Waals surface area contributed by atoms with Crippen LogP contribution in [0.3, 0.4) is 0 Å². The molecule has 0 aliphatic heterocycles. The fourth-order valence-electron chi connectivity index (χ4n) is 5.92. The van der Waals surface area contributed by atoms with Crippen LogP contribution in [-0.4, -0.2) is 82.5 Å². The highest BCUT2D eigenvalue weighted by Gasteiger charge is 2.36. The molecule has 2 aromatic carbocycles. The number of nitrogens with zero attached hydrogens (tertiary/aromatic N) is 2. The summed E-state index contributed by atoms with van der Waals surface area (Å²) in [5, 5.41) is 30.2. The van der Waals surface area contributed by atoms with Gasteiger partial charge in [-0.05, 0) is 54.0 Å². The smallest absolute Gasteiger partial charge is 0.407 e. The lowest BCUT2D eigenvalue weighted by Crippen LogP contribution is -2.57. The monoisotopic (exact) mass is 713 g/mol. The molecule has 5 N–H and O–H groups in total. The highest BCUT2D eigenvalue weighted by Crippen LogP contribution is 2.24. The number of nitrogens with one attached hydrogen (secondary N) is 3. The molecule has 4 aromatic rings. The molecule has 0 aliphatic rings. The number of aliphatic hydroxyl groups excluding tert-OH is 1. The van der Waals surface area contributed by atoms with Gasteiger partial charge in [0.05, 0.1) is 37.5 Å². The number of amides is 4. The number of hydrogen-bond donors (Lipinski definition) is 5. The minimum atomic E-state index is -1.33. The number of alkyl carbamates (subject to hydrolysis) is 1. The zero-order chi connectivity index (χ0) is 37.8. The average molecular weight is 714 g/mol.